The van der Waals surface area contributed by atoms with Crippen LogP contribution in [0.3, 0.4) is 0 Å². The summed E-state index contributed by atoms with van der Waals surface area (Å²) in [5, 5.41) is 4.79. The molecule has 4 aromatic carbocycles. The maximum Gasteiger partial charge on any atom is -0.00987 e. The minimum atomic E-state index is 1.15. The Bertz CT molecular complexity index is 816. The van der Waals surface area contributed by atoms with Crippen molar-refractivity contribution in [3.63, 3.8) is 0 Å². The fourth-order valence-electron chi connectivity index (χ4n) is 2.77. The molecule has 0 bridgehead atoms. The molecule has 0 atom stereocenters. The summed E-state index contributed by atoms with van der Waals surface area (Å²) in [7, 11) is 0. The zero-order valence-electron chi connectivity index (χ0n) is 10.9. The Kier molecular flexibility index (Phi) is 2.53. The predicted molar refractivity (Wildman–Crippen MR) is 84.6 cm³/mol. The maximum atomic E-state index is 3.30. The molecule has 0 aliphatic heterocycles. The summed E-state index contributed by atoms with van der Waals surface area (Å²) in [4.78, 5) is 0. The molecular weight excluding hydrogens is 240 g/mol. The van der Waals surface area contributed by atoms with Crippen molar-refractivity contribution >= 4 is 21.5 Å². The van der Waals surface area contributed by atoms with Crippen LogP contribution in [0, 0.1) is 12.1 Å². The average molecular weight is 252 g/mol. The molecule has 0 spiro atoms. The molecular formula is C20H12. The van der Waals surface area contributed by atoms with E-state index in [1.165, 1.54) is 21.9 Å². The summed E-state index contributed by atoms with van der Waals surface area (Å²) < 4.78 is 0. The molecule has 0 saturated carbocycles. The van der Waals surface area contributed by atoms with E-state index in [0.29, 0.717) is 0 Å². The lowest BCUT2D eigenvalue weighted by Gasteiger charge is -2.09. The van der Waals surface area contributed by atoms with Crippen LogP contribution in [0.25, 0.3) is 32.7 Å². The molecule has 0 aliphatic carbocycles. The average Bonchev–Trinajstić information content (AvgIpc) is 2.54. The first-order chi connectivity index (χ1) is 9.93. The second kappa shape index (κ2) is 4.50. The minimum absolute atomic E-state index is 1.15. The molecule has 2 radical (unpaired) electrons. The number of rotatable bonds is 1. The summed E-state index contributed by atoms with van der Waals surface area (Å²) >= 11 is 0. The molecule has 20 heavy (non-hydrogen) atoms. The molecule has 0 unspecified atom stereocenters. The number of hydrogen-bond donors (Lipinski definition) is 0. The van der Waals surface area contributed by atoms with Crippen molar-refractivity contribution in [2.75, 3.05) is 0 Å². The Labute approximate surface area is 118 Å². The first-order valence-electron chi connectivity index (χ1n) is 6.73. The highest BCUT2D eigenvalue weighted by Gasteiger charge is 2.06. The van der Waals surface area contributed by atoms with Gasteiger partial charge in [-0.05, 0) is 44.8 Å². The first-order valence-corrected chi connectivity index (χ1v) is 6.73. The van der Waals surface area contributed by atoms with Gasteiger partial charge in [-0.2, -0.15) is 0 Å². The molecule has 0 aromatic heterocycles. The largest absolute Gasteiger partial charge is 0.0616 e. The quantitative estimate of drug-likeness (QED) is 0.433. The summed E-state index contributed by atoms with van der Waals surface area (Å²) in [5.74, 6) is 0. The lowest BCUT2D eigenvalue weighted by Crippen LogP contribution is -1.83. The monoisotopic (exact) mass is 252 g/mol. The van der Waals surface area contributed by atoms with Gasteiger partial charge in [-0.15, -0.1) is 0 Å². The van der Waals surface area contributed by atoms with Gasteiger partial charge in [-0.1, -0.05) is 72.8 Å². The van der Waals surface area contributed by atoms with Gasteiger partial charge in [0.15, 0.2) is 0 Å². The lowest BCUT2D eigenvalue weighted by molar-refractivity contribution is 1.67. The Morgan fingerprint density at radius 1 is 0.500 bits per heavy atom. The van der Waals surface area contributed by atoms with Crippen LogP contribution >= 0.6 is 0 Å². The minimum Gasteiger partial charge on any atom is -0.0616 e. The van der Waals surface area contributed by atoms with Gasteiger partial charge in [0.05, 0.1) is 0 Å². The molecule has 0 fully saturated rings. The highest BCUT2D eigenvalue weighted by Crippen LogP contribution is 2.33. The summed E-state index contributed by atoms with van der Waals surface area (Å²) in [6, 6.07) is 31.7. The van der Waals surface area contributed by atoms with Crippen molar-refractivity contribution in [1.82, 2.24) is 0 Å². The lowest BCUT2D eigenvalue weighted by atomic mass is 9.94. The number of hydrogen-bond acceptors (Lipinski definition) is 0. The molecule has 92 valence electrons. The fourth-order valence-corrected chi connectivity index (χ4v) is 2.77. The Morgan fingerprint density at radius 3 is 2.05 bits per heavy atom. The summed E-state index contributed by atoms with van der Waals surface area (Å²) in [5.41, 5.74) is 2.51. The molecule has 4 rings (SSSR count). The topological polar surface area (TPSA) is 0 Å². The van der Waals surface area contributed by atoms with Crippen LogP contribution < -0.4 is 0 Å². The van der Waals surface area contributed by atoms with Crippen LogP contribution in [0.4, 0.5) is 0 Å². The van der Waals surface area contributed by atoms with Gasteiger partial charge in [0.2, 0.25) is 0 Å². The third-order valence-corrected chi connectivity index (χ3v) is 3.70. The van der Waals surface area contributed by atoms with Crippen molar-refractivity contribution in [3.8, 4) is 11.1 Å². The summed E-state index contributed by atoms with van der Waals surface area (Å²) in [6.45, 7) is 0. The number of fused-ring (bicyclic) bond motifs is 2. The van der Waals surface area contributed by atoms with Gasteiger partial charge < -0.3 is 0 Å². The van der Waals surface area contributed by atoms with E-state index in [1.807, 2.05) is 18.2 Å². The van der Waals surface area contributed by atoms with E-state index < -0.39 is 0 Å². The van der Waals surface area contributed by atoms with Crippen LogP contribution in [0.1, 0.15) is 0 Å². The zero-order chi connectivity index (χ0) is 13.4. The standard InChI is InChI=1S/C20H12/c1-3-11-17-15(7-1)9-5-13-19(17)20-14-6-10-16-8-2-4-12-18(16)20/h1-7,10-14H. The molecule has 0 amide bonds. The predicted octanol–water partition coefficient (Wildman–Crippen LogP) is 5.26. The molecule has 0 heteroatoms. The third-order valence-electron chi connectivity index (χ3n) is 3.70. The van der Waals surface area contributed by atoms with E-state index >= 15 is 0 Å². The van der Waals surface area contributed by atoms with Crippen LogP contribution in [0.5, 0.6) is 0 Å². The Hall–Kier alpha value is -2.60. The van der Waals surface area contributed by atoms with Gasteiger partial charge in [0.1, 0.15) is 0 Å². The van der Waals surface area contributed by atoms with Gasteiger partial charge >= 0.3 is 0 Å². The van der Waals surface area contributed by atoms with E-state index in [0.717, 1.165) is 10.8 Å². The molecule has 0 heterocycles. The van der Waals surface area contributed by atoms with Crippen LogP contribution in [-0.2, 0) is 0 Å². The van der Waals surface area contributed by atoms with Gasteiger partial charge in [-0.3, -0.25) is 0 Å². The first kappa shape index (κ1) is 11.2. The molecule has 0 saturated heterocycles. The number of benzene rings is 4. The van der Waals surface area contributed by atoms with Crippen molar-refractivity contribution in [2.24, 2.45) is 0 Å². The Morgan fingerprint density at radius 2 is 1.15 bits per heavy atom. The van der Waals surface area contributed by atoms with E-state index in [1.54, 1.807) is 0 Å². The SMILES string of the molecule is [c]1ccc(-c2cccc3[c]cccc23)c2ccccc12. The smallest absolute Gasteiger partial charge is 0.00987 e. The van der Waals surface area contributed by atoms with Crippen molar-refractivity contribution in [1.29, 1.82) is 0 Å². The highest BCUT2D eigenvalue weighted by molar-refractivity contribution is 6.05. The Balaban J connectivity index is 2.12. The van der Waals surface area contributed by atoms with E-state index in [4.69, 9.17) is 0 Å². The molecule has 0 nitrogen and oxygen atoms in total. The van der Waals surface area contributed by atoms with Gasteiger partial charge in [-0.25, -0.2) is 0 Å². The normalized spacial score (nSPS) is 11.0. The second-order valence-corrected chi connectivity index (χ2v) is 4.87. The van der Waals surface area contributed by atoms with Crippen LogP contribution in [0.2, 0.25) is 0 Å². The summed E-state index contributed by atoms with van der Waals surface area (Å²) in [6.07, 6.45) is 0. The second-order valence-electron chi connectivity index (χ2n) is 4.87. The van der Waals surface area contributed by atoms with Crippen molar-refractivity contribution in [2.45, 2.75) is 0 Å². The van der Waals surface area contributed by atoms with Crippen LogP contribution in [-0.4, -0.2) is 0 Å². The molecule has 0 N–H and O–H groups in total. The van der Waals surface area contributed by atoms with Crippen LogP contribution in [0.15, 0.2) is 72.8 Å². The van der Waals surface area contributed by atoms with E-state index in [2.05, 4.69) is 66.7 Å². The maximum absolute atomic E-state index is 3.30. The van der Waals surface area contributed by atoms with Crippen molar-refractivity contribution in [3.05, 3.63) is 84.9 Å². The fraction of sp³-hybridized carbons (Fsp3) is 0. The third kappa shape index (κ3) is 1.70. The van der Waals surface area contributed by atoms with Crippen molar-refractivity contribution < 1.29 is 0 Å². The van der Waals surface area contributed by atoms with E-state index in [-0.39, 0.29) is 0 Å². The van der Waals surface area contributed by atoms with Gasteiger partial charge in [0, 0.05) is 0 Å². The molecule has 4 aromatic rings. The zero-order valence-corrected chi connectivity index (χ0v) is 10.9. The highest BCUT2D eigenvalue weighted by atomic mass is 14.1. The molecule has 0 aliphatic rings. The van der Waals surface area contributed by atoms with E-state index in [9.17, 15) is 0 Å². The van der Waals surface area contributed by atoms with Gasteiger partial charge in [0.25, 0.3) is 0 Å².